The summed E-state index contributed by atoms with van der Waals surface area (Å²) >= 11 is 0. The Balaban J connectivity index is 1.62. The Labute approximate surface area is 180 Å². The van der Waals surface area contributed by atoms with Crippen molar-refractivity contribution in [2.75, 3.05) is 7.05 Å². The Morgan fingerprint density at radius 1 is 1.10 bits per heavy atom. The molecule has 6 heteroatoms. The third-order valence-corrected chi connectivity index (χ3v) is 4.85. The first-order valence-electron chi connectivity index (χ1n) is 9.89. The van der Waals surface area contributed by atoms with Crippen LogP contribution in [-0.2, 0) is 11.3 Å². The van der Waals surface area contributed by atoms with Crippen molar-refractivity contribution in [3.8, 4) is 16.9 Å². The zero-order chi connectivity index (χ0) is 21.8. The minimum Gasteiger partial charge on any atom is -0.464 e. The zero-order valence-corrected chi connectivity index (χ0v) is 17.3. The molecule has 2 aromatic heterocycles. The van der Waals surface area contributed by atoms with Crippen LogP contribution in [0.2, 0.25) is 0 Å². The Bertz CT molecular complexity index is 1210. The third kappa shape index (κ3) is 4.80. The van der Waals surface area contributed by atoms with E-state index in [0.29, 0.717) is 12.2 Å². The first kappa shape index (κ1) is 20.3. The summed E-state index contributed by atoms with van der Waals surface area (Å²) < 4.78 is 20.7. The summed E-state index contributed by atoms with van der Waals surface area (Å²) in [7, 11) is 1.72. The molecule has 2 heterocycles. The van der Waals surface area contributed by atoms with Crippen LogP contribution < -0.4 is 0 Å². The van der Waals surface area contributed by atoms with Crippen LogP contribution in [0.3, 0.4) is 0 Å². The van der Waals surface area contributed by atoms with Crippen molar-refractivity contribution >= 4 is 12.0 Å². The number of aromatic nitrogens is 2. The van der Waals surface area contributed by atoms with E-state index in [1.165, 1.54) is 18.2 Å². The lowest BCUT2D eigenvalue weighted by atomic mass is 10.1. The molecule has 0 bridgehead atoms. The molecule has 0 aliphatic carbocycles. The fraction of sp³-hybridized carbons (Fsp3) is 0.120. The number of nitrogens with zero attached hydrogens (tertiary/aromatic N) is 3. The highest BCUT2D eigenvalue weighted by atomic mass is 19.1. The average Bonchev–Trinajstić information content (AvgIpc) is 3.39. The number of carbonyl (C=O) groups is 1. The molecule has 0 radical (unpaired) electrons. The maximum absolute atomic E-state index is 13.4. The summed E-state index contributed by atoms with van der Waals surface area (Å²) in [5.74, 6) is 1.06. The number of hydrogen-bond donors (Lipinski definition) is 0. The number of benzene rings is 2. The number of hydrogen-bond acceptors (Lipinski definition) is 3. The van der Waals surface area contributed by atoms with Gasteiger partial charge in [-0.05, 0) is 61.5 Å². The molecule has 0 spiro atoms. The highest BCUT2D eigenvalue weighted by Crippen LogP contribution is 2.25. The molecule has 0 N–H and O–H groups in total. The first-order chi connectivity index (χ1) is 15.0. The van der Waals surface area contributed by atoms with E-state index >= 15 is 0 Å². The molecule has 4 rings (SSSR count). The summed E-state index contributed by atoms with van der Waals surface area (Å²) in [5.41, 5.74) is 3.08. The molecule has 0 aliphatic heterocycles. The molecule has 0 unspecified atom stereocenters. The molecule has 156 valence electrons. The van der Waals surface area contributed by atoms with Gasteiger partial charge >= 0.3 is 0 Å². The Hall–Kier alpha value is -3.93. The monoisotopic (exact) mass is 415 g/mol. The smallest absolute Gasteiger partial charge is 0.246 e. The molecule has 0 saturated carbocycles. The molecule has 2 aromatic carbocycles. The largest absolute Gasteiger partial charge is 0.464 e. The zero-order valence-electron chi connectivity index (χ0n) is 17.3. The predicted octanol–water partition coefficient (Wildman–Crippen LogP) is 5.25. The van der Waals surface area contributed by atoms with Gasteiger partial charge in [0.05, 0.1) is 17.9 Å². The van der Waals surface area contributed by atoms with Crippen molar-refractivity contribution in [1.29, 1.82) is 0 Å². The van der Waals surface area contributed by atoms with Gasteiger partial charge in [-0.3, -0.25) is 4.79 Å². The lowest BCUT2D eigenvalue weighted by molar-refractivity contribution is -0.125. The van der Waals surface area contributed by atoms with Crippen molar-refractivity contribution in [1.82, 2.24) is 14.7 Å². The van der Waals surface area contributed by atoms with Crippen LogP contribution in [0.1, 0.15) is 17.1 Å². The lowest BCUT2D eigenvalue weighted by Crippen LogP contribution is -2.23. The number of carbonyl (C=O) groups excluding carboxylic acids is 1. The van der Waals surface area contributed by atoms with Gasteiger partial charge in [0.15, 0.2) is 0 Å². The van der Waals surface area contributed by atoms with E-state index in [-0.39, 0.29) is 11.7 Å². The quantitative estimate of drug-likeness (QED) is 0.404. The van der Waals surface area contributed by atoms with Crippen LogP contribution in [0, 0.1) is 12.7 Å². The van der Waals surface area contributed by atoms with Crippen LogP contribution in [0.5, 0.6) is 0 Å². The van der Waals surface area contributed by atoms with E-state index in [4.69, 9.17) is 4.42 Å². The topological polar surface area (TPSA) is 51.3 Å². The maximum atomic E-state index is 13.4. The van der Waals surface area contributed by atoms with Crippen LogP contribution in [0.15, 0.2) is 83.4 Å². The third-order valence-electron chi connectivity index (χ3n) is 4.85. The van der Waals surface area contributed by atoms with E-state index in [1.807, 2.05) is 55.6 Å². The van der Waals surface area contributed by atoms with E-state index in [2.05, 4.69) is 5.10 Å². The molecule has 4 aromatic rings. The number of furan rings is 1. The Morgan fingerprint density at radius 3 is 2.52 bits per heavy atom. The minimum absolute atomic E-state index is 0.161. The number of rotatable bonds is 6. The van der Waals surface area contributed by atoms with Crippen LogP contribution in [-0.4, -0.2) is 27.6 Å². The summed E-state index contributed by atoms with van der Waals surface area (Å²) in [4.78, 5) is 14.2. The summed E-state index contributed by atoms with van der Waals surface area (Å²) in [5, 5.41) is 4.68. The van der Waals surface area contributed by atoms with Crippen LogP contribution >= 0.6 is 0 Å². The second kappa shape index (κ2) is 8.83. The molecule has 0 aliphatic rings. The summed E-state index contributed by atoms with van der Waals surface area (Å²) in [6.45, 7) is 2.25. The van der Waals surface area contributed by atoms with E-state index in [9.17, 15) is 9.18 Å². The molecule has 0 saturated heterocycles. The van der Waals surface area contributed by atoms with Gasteiger partial charge in [-0.15, -0.1) is 0 Å². The average molecular weight is 415 g/mol. The van der Waals surface area contributed by atoms with Gasteiger partial charge in [-0.25, -0.2) is 9.07 Å². The first-order valence-corrected chi connectivity index (χ1v) is 9.89. The maximum Gasteiger partial charge on any atom is 0.246 e. The molecule has 0 fully saturated rings. The standard InChI is InChI=1S/C25H22FN3O2/c1-18-8-14-23(31-18)17-28(2)24(30)15-11-20-16-29(22-6-4-3-5-7-22)27-25(20)19-9-12-21(26)13-10-19/h3-16H,17H2,1-2H3/b15-11+. The molecule has 5 nitrogen and oxygen atoms in total. The molecule has 31 heavy (non-hydrogen) atoms. The molecular formula is C25H22FN3O2. The second-order valence-electron chi connectivity index (χ2n) is 7.26. The van der Waals surface area contributed by atoms with Gasteiger partial charge in [-0.1, -0.05) is 18.2 Å². The SMILES string of the molecule is Cc1ccc(CN(C)C(=O)/C=C/c2cn(-c3ccccc3)nc2-c2ccc(F)cc2)o1. The van der Waals surface area contributed by atoms with Gasteiger partial charge in [-0.2, -0.15) is 5.10 Å². The van der Waals surface area contributed by atoms with Crippen molar-refractivity contribution in [3.63, 3.8) is 0 Å². The van der Waals surface area contributed by atoms with Crippen molar-refractivity contribution < 1.29 is 13.6 Å². The highest BCUT2D eigenvalue weighted by molar-refractivity contribution is 5.92. The van der Waals surface area contributed by atoms with Crippen LogP contribution in [0.4, 0.5) is 4.39 Å². The van der Waals surface area contributed by atoms with Crippen molar-refractivity contribution in [2.24, 2.45) is 0 Å². The van der Waals surface area contributed by atoms with Crippen LogP contribution in [0.25, 0.3) is 23.0 Å². The van der Waals surface area contributed by atoms with Gasteiger partial charge < -0.3 is 9.32 Å². The molecule has 1 amide bonds. The predicted molar refractivity (Wildman–Crippen MR) is 118 cm³/mol. The normalized spacial score (nSPS) is 11.2. The second-order valence-corrected chi connectivity index (χ2v) is 7.26. The number of amides is 1. The summed E-state index contributed by atoms with van der Waals surface area (Å²) in [6, 6.07) is 19.6. The minimum atomic E-state index is -0.312. The fourth-order valence-corrected chi connectivity index (χ4v) is 3.22. The molecular weight excluding hydrogens is 393 g/mol. The summed E-state index contributed by atoms with van der Waals surface area (Å²) in [6.07, 6.45) is 5.10. The number of likely N-dealkylation sites (N-methyl/N-ethyl adjacent to an activating group) is 1. The number of halogens is 1. The Morgan fingerprint density at radius 2 is 1.84 bits per heavy atom. The highest BCUT2D eigenvalue weighted by Gasteiger charge is 2.13. The molecule has 0 atom stereocenters. The van der Waals surface area contributed by atoms with Crippen molar-refractivity contribution in [2.45, 2.75) is 13.5 Å². The Kier molecular flexibility index (Phi) is 5.80. The van der Waals surface area contributed by atoms with Crippen molar-refractivity contribution in [3.05, 3.63) is 102 Å². The van der Waals surface area contributed by atoms with Gasteiger partial charge in [0.2, 0.25) is 5.91 Å². The number of aryl methyl sites for hydroxylation is 1. The van der Waals surface area contributed by atoms with E-state index in [0.717, 1.165) is 28.3 Å². The van der Waals surface area contributed by atoms with E-state index < -0.39 is 0 Å². The number of para-hydroxylation sites is 1. The van der Waals surface area contributed by atoms with Gasteiger partial charge in [0, 0.05) is 30.4 Å². The van der Waals surface area contributed by atoms with Gasteiger partial charge in [0.25, 0.3) is 0 Å². The lowest BCUT2D eigenvalue weighted by Gasteiger charge is -2.13. The van der Waals surface area contributed by atoms with E-state index in [1.54, 1.807) is 34.8 Å². The fourth-order valence-electron chi connectivity index (χ4n) is 3.22. The van der Waals surface area contributed by atoms with Gasteiger partial charge in [0.1, 0.15) is 17.3 Å².